The van der Waals surface area contributed by atoms with Gasteiger partial charge in [0, 0.05) is 0 Å². The molecular weight excluding hydrogens is 238 g/mol. The Morgan fingerprint density at radius 3 is 2.53 bits per heavy atom. The Kier molecular flexibility index (Phi) is 8.27. The normalized spacial score (nSPS) is 11.2. The van der Waals surface area contributed by atoms with Crippen LogP contribution in [0.3, 0.4) is 0 Å². The summed E-state index contributed by atoms with van der Waals surface area (Å²) in [4.78, 5) is 10.1. The molecule has 96 valence electrons. The zero-order valence-electron chi connectivity index (χ0n) is 10.1. The molecule has 0 aromatic heterocycles. The SMILES string of the molecule is CSCC[C@H](N)C(=O)O.Cc1cccc(O)c1. The lowest BCUT2D eigenvalue weighted by atomic mass is 10.2. The third-order valence-corrected chi connectivity index (χ3v) is 2.60. The maximum Gasteiger partial charge on any atom is 0.320 e. The molecule has 1 rings (SSSR count). The van der Waals surface area contributed by atoms with Gasteiger partial charge in [-0.1, -0.05) is 12.1 Å². The zero-order chi connectivity index (χ0) is 13.3. The van der Waals surface area contributed by atoms with Gasteiger partial charge in [0.05, 0.1) is 0 Å². The first kappa shape index (κ1) is 15.8. The molecule has 4 N–H and O–H groups in total. The van der Waals surface area contributed by atoms with Crippen molar-refractivity contribution < 1.29 is 15.0 Å². The van der Waals surface area contributed by atoms with Gasteiger partial charge in [0.2, 0.25) is 0 Å². The van der Waals surface area contributed by atoms with Crippen LogP contribution in [-0.2, 0) is 4.79 Å². The first-order valence-electron chi connectivity index (χ1n) is 5.20. The van der Waals surface area contributed by atoms with Gasteiger partial charge in [0.1, 0.15) is 11.8 Å². The first-order valence-corrected chi connectivity index (χ1v) is 6.59. The van der Waals surface area contributed by atoms with Gasteiger partial charge < -0.3 is 15.9 Å². The number of aliphatic carboxylic acids is 1. The van der Waals surface area contributed by atoms with Gasteiger partial charge in [-0.3, -0.25) is 4.79 Å². The maximum atomic E-state index is 10.1. The van der Waals surface area contributed by atoms with Crippen molar-refractivity contribution in [2.75, 3.05) is 12.0 Å². The Hall–Kier alpha value is -1.20. The summed E-state index contributed by atoms with van der Waals surface area (Å²) in [6.07, 6.45) is 2.48. The molecule has 0 saturated heterocycles. The summed E-state index contributed by atoms with van der Waals surface area (Å²) < 4.78 is 0. The summed E-state index contributed by atoms with van der Waals surface area (Å²) in [5.74, 6) is 0.238. The van der Waals surface area contributed by atoms with E-state index in [1.54, 1.807) is 23.9 Å². The number of hydrogen-bond donors (Lipinski definition) is 3. The van der Waals surface area contributed by atoms with E-state index >= 15 is 0 Å². The summed E-state index contributed by atoms with van der Waals surface area (Å²) in [5, 5.41) is 17.1. The third kappa shape index (κ3) is 8.59. The topological polar surface area (TPSA) is 83.6 Å². The molecule has 0 bridgehead atoms. The number of aromatic hydroxyl groups is 1. The first-order chi connectivity index (χ1) is 7.97. The van der Waals surface area contributed by atoms with Crippen LogP contribution in [0.1, 0.15) is 12.0 Å². The Morgan fingerprint density at radius 1 is 1.53 bits per heavy atom. The summed E-state index contributed by atoms with van der Waals surface area (Å²) in [7, 11) is 0. The fourth-order valence-corrected chi connectivity index (χ4v) is 1.49. The zero-order valence-corrected chi connectivity index (χ0v) is 10.9. The van der Waals surface area contributed by atoms with Crippen LogP contribution >= 0.6 is 11.8 Å². The molecule has 1 atom stereocenters. The summed E-state index contributed by atoms with van der Waals surface area (Å²) >= 11 is 1.60. The molecule has 1 aromatic rings. The van der Waals surface area contributed by atoms with E-state index in [2.05, 4.69) is 0 Å². The quantitative estimate of drug-likeness (QED) is 0.766. The number of aryl methyl sites for hydroxylation is 1. The van der Waals surface area contributed by atoms with Crippen LogP contribution in [0.25, 0.3) is 0 Å². The molecule has 0 amide bonds. The second kappa shape index (κ2) is 8.90. The van der Waals surface area contributed by atoms with E-state index in [-0.39, 0.29) is 0 Å². The van der Waals surface area contributed by atoms with Gasteiger partial charge in [-0.25, -0.2) is 0 Å². The third-order valence-electron chi connectivity index (χ3n) is 1.95. The van der Waals surface area contributed by atoms with Gasteiger partial charge in [-0.2, -0.15) is 11.8 Å². The molecule has 5 heteroatoms. The lowest BCUT2D eigenvalue weighted by molar-refractivity contribution is -0.138. The molecule has 0 radical (unpaired) electrons. The number of carboxylic acids is 1. The Balaban J connectivity index is 0.000000302. The number of phenolic OH excluding ortho intramolecular Hbond substituents is 1. The minimum Gasteiger partial charge on any atom is -0.508 e. The molecule has 0 heterocycles. The minimum atomic E-state index is -0.913. The summed E-state index contributed by atoms with van der Waals surface area (Å²) in [6, 6.07) is 6.47. The monoisotopic (exact) mass is 257 g/mol. The van der Waals surface area contributed by atoms with Crippen molar-refractivity contribution in [3.63, 3.8) is 0 Å². The average molecular weight is 257 g/mol. The number of hydrogen-bond acceptors (Lipinski definition) is 4. The van der Waals surface area contributed by atoms with Crippen molar-refractivity contribution in [1.82, 2.24) is 0 Å². The standard InChI is InChI=1S/C7H8O.C5H11NO2S/c1-6-3-2-4-7(8)5-6;1-9-3-2-4(6)5(7)8/h2-5,8H,1H3;4H,2-3,6H2,1H3,(H,7,8)/t;4-/m.0/s1. The van der Waals surface area contributed by atoms with E-state index in [1.165, 1.54) is 0 Å². The van der Waals surface area contributed by atoms with Crippen LogP contribution < -0.4 is 5.73 Å². The van der Waals surface area contributed by atoms with Crippen LogP contribution in [0.15, 0.2) is 24.3 Å². The van der Waals surface area contributed by atoms with Crippen molar-refractivity contribution in [2.24, 2.45) is 5.73 Å². The molecule has 1 aromatic carbocycles. The number of carbonyl (C=O) groups is 1. The number of phenols is 1. The van der Waals surface area contributed by atoms with Gasteiger partial charge >= 0.3 is 5.97 Å². The molecule has 17 heavy (non-hydrogen) atoms. The molecule has 0 unspecified atom stereocenters. The highest BCUT2D eigenvalue weighted by atomic mass is 32.2. The smallest absolute Gasteiger partial charge is 0.320 e. The van der Waals surface area contributed by atoms with Crippen LogP contribution in [0.5, 0.6) is 5.75 Å². The van der Waals surface area contributed by atoms with Crippen molar-refractivity contribution in [2.45, 2.75) is 19.4 Å². The number of rotatable bonds is 4. The lowest BCUT2D eigenvalue weighted by Gasteiger charge is -2.02. The highest BCUT2D eigenvalue weighted by Crippen LogP contribution is 2.08. The Labute approximate surface area is 106 Å². The summed E-state index contributed by atoms with van der Waals surface area (Å²) in [6.45, 7) is 1.94. The van der Waals surface area contributed by atoms with Crippen LogP contribution in [0, 0.1) is 6.92 Å². The molecule has 0 spiro atoms. The number of benzene rings is 1. The van der Waals surface area contributed by atoms with Crippen molar-refractivity contribution in [3.8, 4) is 5.75 Å². The highest BCUT2D eigenvalue weighted by Gasteiger charge is 2.08. The fourth-order valence-electron chi connectivity index (χ4n) is 0.996. The van der Waals surface area contributed by atoms with Crippen LogP contribution in [0.4, 0.5) is 0 Å². The second-order valence-electron chi connectivity index (χ2n) is 3.57. The predicted octanol–water partition coefficient (Wildman–Crippen LogP) is 1.85. The molecule has 0 aliphatic rings. The second-order valence-corrected chi connectivity index (χ2v) is 4.55. The van der Waals surface area contributed by atoms with E-state index in [4.69, 9.17) is 15.9 Å². The van der Waals surface area contributed by atoms with Crippen molar-refractivity contribution in [3.05, 3.63) is 29.8 Å². The van der Waals surface area contributed by atoms with Gasteiger partial charge in [-0.15, -0.1) is 0 Å². The van der Waals surface area contributed by atoms with E-state index < -0.39 is 12.0 Å². The van der Waals surface area contributed by atoms with E-state index in [9.17, 15) is 4.79 Å². The Morgan fingerprint density at radius 2 is 2.18 bits per heavy atom. The predicted molar refractivity (Wildman–Crippen MR) is 71.5 cm³/mol. The van der Waals surface area contributed by atoms with Gasteiger partial charge in [-0.05, 0) is 43.0 Å². The van der Waals surface area contributed by atoms with Gasteiger partial charge in [0.15, 0.2) is 0 Å². The number of carboxylic acid groups (broad SMARTS) is 1. The van der Waals surface area contributed by atoms with E-state index in [0.29, 0.717) is 12.2 Å². The molecule has 4 nitrogen and oxygen atoms in total. The van der Waals surface area contributed by atoms with Crippen molar-refractivity contribution in [1.29, 1.82) is 0 Å². The molecule has 0 fully saturated rings. The Bertz CT molecular complexity index is 327. The van der Waals surface area contributed by atoms with Crippen molar-refractivity contribution >= 4 is 17.7 Å². The molecule has 0 saturated carbocycles. The highest BCUT2D eigenvalue weighted by molar-refractivity contribution is 7.98. The number of thioether (sulfide) groups is 1. The van der Waals surface area contributed by atoms with Gasteiger partial charge in [0.25, 0.3) is 0 Å². The minimum absolute atomic E-state index is 0.338. The number of nitrogens with two attached hydrogens (primary N) is 1. The van der Waals surface area contributed by atoms with Crippen LogP contribution in [-0.4, -0.2) is 34.2 Å². The molecule has 0 aliphatic heterocycles. The molecule has 0 aliphatic carbocycles. The fraction of sp³-hybridized carbons (Fsp3) is 0.417. The lowest BCUT2D eigenvalue weighted by Crippen LogP contribution is -2.30. The van der Waals surface area contributed by atoms with E-state index in [1.807, 2.05) is 25.3 Å². The maximum absolute atomic E-state index is 10.1. The van der Waals surface area contributed by atoms with Crippen LogP contribution in [0.2, 0.25) is 0 Å². The largest absolute Gasteiger partial charge is 0.508 e. The summed E-state index contributed by atoms with van der Waals surface area (Å²) in [5.41, 5.74) is 6.28. The van der Waals surface area contributed by atoms with E-state index in [0.717, 1.165) is 11.3 Å². The average Bonchev–Trinajstić information content (AvgIpc) is 2.26. The molecular formula is C12H19NO3S.